The molecule has 1 amide bonds. The Morgan fingerprint density at radius 1 is 0.893 bits per heavy atom. The molecule has 2 N–H and O–H groups in total. The minimum Gasteiger partial charge on any atom is -0.478 e. The lowest BCUT2D eigenvalue weighted by atomic mass is 10.1. The van der Waals surface area contributed by atoms with Crippen LogP contribution in [0.3, 0.4) is 0 Å². The van der Waals surface area contributed by atoms with Gasteiger partial charge in [0.25, 0.3) is 0 Å². The van der Waals surface area contributed by atoms with Crippen molar-refractivity contribution in [2.75, 3.05) is 5.32 Å². The molecule has 0 aliphatic carbocycles. The molecule has 5 nitrogen and oxygen atoms in total. The fourth-order valence-corrected chi connectivity index (χ4v) is 4.09. The van der Waals surface area contributed by atoms with E-state index < -0.39 is 28.9 Å². The number of halogens is 3. The second-order valence-electron chi connectivity index (χ2n) is 5.68. The van der Waals surface area contributed by atoms with Gasteiger partial charge in [-0.15, -0.1) is 0 Å². The molecule has 0 spiro atoms. The van der Waals surface area contributed by atoms with Gasteiger partial charge in [-0.05, 0) is 29.7 Å². The van der Waals surface area contributed by atoms with Gasteiger partial charge in [-0.3, -0.25) is 4.79 Å². The summed E-state index contributed by atoms with van der Waals surface area (Å²) in [5.74, 6) is -3.44. The van der Waals surface area contributed by atoms with Gasteiger partial charge >= 0.3 is 18.1 Å². The second-order valence-corrected chi connectivity index (χ2v) is 7.10. The summed E-state index contributed by atoms with van der Waals surface area (Å²) in [5, 5.41) is 11.7. The summed E-state index contributed by atoms with van der Waals surface area (Å²) in [4.78, 5) is 22.9. The number of benzene rings is 3. The lowest BCUT2D eigenvalue weighted by Crippen LogP contribution is -2.30. The van der Waals surface area contributed by atoms with Crippen molar-refractivity contribution in [2.45, 2.75) is 16.0 Å². The summed E-state index contributed by atoms with van der Waals surface area (Å²) in [6.07, 6.45) is -5.09. The zero-order valence-electron chi connectivity index (χ0n) is 14.0. The number of carbonyl (C=O) groups is 2. The summed E-state index contributed by atoms with van der Waals surface area (Å²) < 4.78 is 51.1. The second kappa shape index (κ2) is 7.43. The van der Waals surface area contributed by atoms with Crippen LogP contribution in [0.25, 0.3) is 10.8 Å². The first-order valence-corrected chi connectivity index (χ1v) is 8.99. The summed E-state index contributed by atoms with van der Waals surface area (Å²) in [6, 6.07) is 14.5. The Morgan fingerprint density at radius 3 is 2.14 bits per heavy atom. The Kier molecular flexibility index (Phi) is 5.19. The highest BCUT2D eigenvalue weighted by atomic mass is 32.2. The molecule has 0 aromatic heterocycles. The summed E-state index contributed by atoms with van der Waals surface area (Å²) in [7, 11) is -2.01. The predicted molar refractivity (Wildman–Crippen MR) is 96.7 cm³/mol. The first-order chi connectivity index (χ1) is 13.2. The maximum Gasteiger partial charge on any atom is 0.471 e. The lowest BCUT2D eigenvalue weighted by molar-refractivity contribution is -0.167. The lowest BCUT2D eigenvalue weighted by Gasteiger charge is -2.14. The summed E-state index contributed by atoms with van der Waals surface area (Å²) >= 11 is 0. The minimum absolute atomic E-state index is 0.000508. The normalized spacial score (nSPS) is 12.5. The Bertz CT molecular complexity index is 1110. The van der Waals surface area contributed by atoms with Gasteiger partial charge in [0.15, 0.2) is 0 Å². The van der Waals surface area contributed by atoms with Gasteiger partial charge < -0.3 is 10.4 Å². The van der Waals surface area contributed by atoms with Crippen molar-refractivity contribution < 1.29 is 32.1 Å². The molecule has 0 bridgehead atoms. The first kappa shape index (κ1) is 19.6. The highest BCUT2D eigenvalue weighted by Gasteiger charge is 2.39. The van der Waals surface area contributed by atoms with E-state index in [2.05, 4.69) is 0 Å². The molecule has 28 heavy (non-hydrogen) atoms. The number of anilines is 1. The van der Waals surface area contributed by atoms with Crippen LogP contribution in [0, 0.1) is 0 Å². The SMILES string of the molecule is O=C(O)c1ccccc1S(=O)c1cccc2cccc(NC(=O)C(F)(F)F)c12. The van der Waals surface area contributed by atoms with Crippen LogP contribution in [0.5, 0.6) is 0 Å². The Morgan fingerprint density at radius 2 is 1.50 bits per heavy atom. The number of carboxylic acid groups (broad SMARTS) is 1. The fourth-order valence-electron chi connectivity index (χ4n) is 2.68. The van der Waals surface area contributed by atoms with Crippen LogP contribution in [0.1, 0.15) is 10.4 Å². The van der Waals surface area contributed by atoms with Crippen LogP contribution in [0.4, 0.5) is 18.9 Å². The summed E-state index contributed by atoms with van der Waals surface area (Å²) in [5.41, 5.74) is -0.355. The van der Waals surface area contributed by atoms with Gasteiger partial charge in [0.05, 0.1) is 31.8 Å². The highest BCUT2D eigenvalue weighted by molar-refractivity contribution is 7.85. The van der Waals surface area contributed by atoms with Crippen molar-refractivity contribution in [3.63, 3.8) is 0 Å². The van der Waals surface area contributed by atoms with Crippen LogP contribution in [-0.2, 0) is 15.6 Å². The van der Waals surface area contributed by atoms with Gasteiger partial charge in [-0.2, -0.15) is 13.2 Å². The average Bonchev–Trinajstić information content (AvgIpc) is 2.66. The van der Waals surface area contributed by atoms with Gasteiger partial charge in [-0.25, -0.2) is 9.00 Å². The zero-order valence-corrected chi connectivity index (χ0v) is 14.8. The molecular formula is C19H12F3NO4S. The van der Waals surface area contributed by atoms with E-state index in [0.29, 0.717) is 5.39 Å². The number of nitrogens with one attached hydrogen (secondary N) is 1. The molecule has 3 aromatic carbocycles. The van der Waals surface area contributed by atoms with E-state index in [1.807, 2.05) is 0 Å². The molecule has 144 valence electrons. The largest absolute Gasteiger partial charge is 0.478 e. The fraction of sp³-hybridized carbons (Fsp3) is 0.0526. The molecule has 3 rings (SSSR count). The number of hydrogen-bond acceptors (Lipinski definition) is 3. The standard InChI is InChI=1S/C19H12F3NO4S/c20-19(21,22)18(26)23-13-8-3-5-11-6-4-10-15(16(11)13)28(27)14-9-2-1-7-12(14)17(24)25/h1-10H,(H,23,26)(H,24,25). The van der Waals surface area contributed by atoms with Crippen LogP contribution < -0.4 is 5.32 Å². The summed E-state index contributed by atoms with van der Waals surface area (Å²) in [6.45, 7) is 0. The van der Waals surface area contributed by atoms with Gasteiger partial charge in [-0.1, -0.05) is 36.4 Å². The minimum atomic E-state index is -5.09. The van der Waals surface area contributed by atoms with E-state index >= 15 is 0 Å². The van der Waals surface area contributed by atoms with E-state index in [1.54, 1.807) is 23.5 Å². The number of carboxylic acids is 1. The van der Waals surface area contributed by atoms with Crippen LogP contribution in [0.15, 0.2) is 70.5 Å². The van der Waals surface area contributed by atoms with E-state index in [-0.39, 0.29) is 26.4 Å². The van der Waals surface area contributed by atoms with Crippen LogP contribution in [0.2, 0.25) is 0 Å². The van der Waals surface area contributed by atoms with Gasteiger partial charge in [0, 0.05) is 5.39 Å². The van der Waals surface area contributed by atoms with Gasteiger partial charge in [0.1, 0.15) is 0 Å². The molecule has 9 heteroatoms. The molecule has 1 unspecified atom stereocenters. The molecule has 0 aliphatic rings. The Hall–Kier alpha value is -3.20. The number of alkyl halides is 3. The van der Waals surface area contributed by atoms with Gasteiger partial charge in [0.2, 0.25) is 0 Å². The van der Waals surface area contributed by atoms with Crippen LogP contribution >= 0.6 is 0 Å². The maximum absolute atomic E-state index is 13.1. The smallest absolute Gasteiger partial charge is 0.471 e. The molecule has 0 fully saturated rings. The van der Waals surface area contributed by atoms with Crippen molar-refractivity contribution in [1.29, 1.82) is 0 Å². The average molecular weight is 407 g/mol. The molecule has 3 aromatic rings. The maximum atomic E-state index is 13.1. The third kappa shape index (κ3) is 3.74. The number of hydrogen-bond donors (Lipinski definition) is 2. The van der Waals surface area contributed by atoms with E-state index in [1.165, 1.54) is 42.5 Å². The van der Waals surface area contributed by atoms with Crippen molar-refractivity contribution in [1.82, 2.24) is 0 Å². The molecular weight excluding hydrogens is 395 g/mol. The number of carbonyl (C=O) groups excluding carboxylic acids is 1. The number of amides is 1. The third-order valence-corrected chi connectivity index (χ3v) is 5.38. The molecule has 0 saturated carbocycles. The van der Waals surface area contributed by atoms with E-state index in [9.17, 15) is 32.1 Å². The zero-order chi connectivity index (χ0) is 20.5. The molecule has 1 atom stereocenters. The van der Waals surface area contributed by atoms with E-state index in [4.69, 9.17) is 0 Å². The molecule has 0 aliphatic heterocycles. The quantitative estimate of drug-likeness (QED) is 0.679. The van der Waals surface area contributed by atoms with E-state index in [0.717, 1.165) is 0 Å². The van der Waals surface area contributed by atoms with Crippen LogP contribution in [-0.4, -0.2) is 27.4 Å². The topological polar surface area (TPSA) is 83.5 Å². The first-order valence-electron chi connectivity index (χ1n) is 7.84. The predicted octanol–water partition coefficient (Wildman–Crippen LogP) is 4.21. The van der Waals surface area contributed by atoms with Crippen molar-refractivity contribution in [2.24, 2.45) is 0 Å². The van der Waals surface area contributed by atoms with Crippen molar-refractivity contribution in [3.8, 4) is 0 Å². The Labute approximate surface area is 159 Å². The molecule has 0 saturated heterocycles. The Balaban J connectivity index is 2.19. The monoisotopic (exact) mass is 407 g/mol. The highest BCUT2D eigenvalue weighted by Crippen LogP contribution is 2.33. The number of aromatic carboxylic acids is 1. The molecule has 0 heterocycles. The number of rotatable bonds is 4. The van der Waals surface area contributed by atoms with Crippen molar-refractivity contribution >= 4 is 39.1 Å². The third-order valence-electron chi connectivity index (χ3n) is 3.89. The molecule has 0 radical (unpaired) electrons. The number of fused-ring (bicyclic) bond motifs is 1. The van der Waals surface area contributed by atoms with Crippen molar-refractivity contribution in [3.05, 3.63) is 66.2 Å².